The molecule has 0 atom stereocenters. The maximum absolute atomic E-state index is 4.89. The fraction of sp³-hybridized carbons (Fsp3) is 0.167. The number of halogens is 2. The third-order valence-electron chi connectivity index (χ3n) is 0.813. The first kappa shape index (κ1) is 10.3. The van der Waals surface area contributed by atoms with Crippen LogP contribution in [0.1, 0.15) is 5.69 Å². The second-order valence-electron chi connectivity index (χ2n) is 1.54. The first-order valence-corrected chi connectivity index (χ1v) is 8.16. The van der Waals surface area contributed by atoms with Crippen LogP contribution in [0.15, 0.2) is 24.4 Å². The zero-order chi connectivity index (χ0) is 7.82. The number of hydrogen-bond donors (Lipinski definition) is 0. The molecule has 1 rings (SSSR count). The van der Waals surface area contributed by atoms with Gasteiger partial charge in [-0.3, -0.25) is 4.98 Å². The van der Waals surface area contributed by atoms with Crippen LogP contribution >= 0.6 is 20.0 Å². The van der Waals surface area contributed by atoms with Gasteiger partial charge in [-0.2, -0.15) is 0 Å². The standard InChI is InChI=1S/C6H7N.Cl2Ge/c1-6-4-2-3-5-7-6;1-3-2/h2-5H,1H3;. The Kier molecular flexibility index (Phi) is 7.58. The molecule has 0 bridgehead atoms. The molecule has 1 nitrogen and oxygen atoms in total. The summed E-state index contributed by atoms with van der Waals surface area (Å²) in [7, 11) is 9.78. The number of nitrogens with zero attached hydrogens (tertiary/aromatic N) is 1. The molecule has 0 aliphatic rings. The number of hydrogen-bond acceptors (Lipinski definition) is 1. The van der Waals surface area contributed by atoms with E-state index in [1.165, 1.54) is 0 Å². The van der Waals surface area contributed by atoms with Crippen LogP contribution in [-0.4, -0.2) is 18.6 Å². The van der Waals surface area contributed by atoms with Crippen molar-refractivity contribution in [3.05, 3.63) is 30.1 Å². The molecule has 0 aliphatic heterocycles. The fourth-order valence-electron chi connectivity index (χ4n) is 0.448. The molecule has 0 unspecified atom stereocenters. The summed E-state index contributed by atoms with van der Waals surface area (Å²) >= 11 is -0.556. The van der Waals surface area contributed by atoms with Gasteiger partial charge < -0.3 is 0 Å². The summed E-state index contributed by atoms with van der Waals surface area (Å²) in [5.41, 5.74) is 1.07. The van der Waals surface area contributed by atoms with Gasteiger partial charge in [-0.05, 0) is 19.1 Å². The van der Waals surface area contributed by atoms with Crippen molar-refractivity contribution in [2.24, 2.45) is 0 Å². The first-order valence-electron chi connectivity index (χ1n) is 2.65. The van der Waals surface area contributed by atoms with Gasteiger partial charge in [-0.25, -0.2) is 0 Å². The summed E-state index contributed by atoms with van der Waals surface area (Å²) in [6, 6.07) is 5.86. The van der Waals surface area contributed by atoms with E-state index in [1.807, 2.05) is 25.1 Å². The fourth-order valence-corrected chi connectivity index (χ4v) is 0.448. The Morgan fingerprint density at radius 2 is 2.00 bits per heavy atom. The minimum absolute atomic E-state index is 0.556. The van der Waals surface area contributed by atoms with Crippen LogP contribution in [0, 0.1) is 6.92 Å². The maximum atomic E-state index is 4.89. The molecule has 1 aromatic rings. The molecule has 1 heterocycles. The van der Waals surface area contributed by atoms with Crippen molar-refractivity contribution in [1.82, 2.24) is 4.98 Å². The number of pyridine rings is 1. The van der Waals surface area contributed by atoms with Crippen molar-refractivity contribution in [3.63, 3.8) is 0 Å². The van der Waals surface area contributed by atoms with E-state index in [4.69, 9.17) is 20.0 Å². The topological polar surface area (TPSA) is 12.9 Å². The van der Waals surface area contributed by atoms with Crippen LogP contribution in [0.3, 0.4) is 0 Å². The number of aryl methyl sites for hydroxylation is 1. The zero-order valence-electron chi connectivity index (χ0n) is 5.51. The molecular formula is C6H7Cl2GeN. The molecule has 0 aromatic carbocycles. The first-order chi connectivity index (χ1) is 4.81. The van der Waals surface area contributed by atoms with Crippen LogP contribution < -0.4 is 0 Å². The Bertz CT molecular complexity index is 157. The molecule has 2 radical (unpaired) electrons. The number of rotatable bonds is 0. The van der Waals surface area contributed by atoms with Gasteiger partial charge >= 0.3 is 33.6 Å². The van der Waals surface area contributed by atoms with Gasteiger partial charge in [0.25, 0.3) is 0 Å². The molecule has 0 amide bonds. The Morgan fingerprint density at radius 1 is 1.40 bits per heavy atom. The quantitative estimate of drug-likeness (QED) is 0.631. The minimum atomic E-state index is -0.556. The Balaban J connectivity index is 0.000000236. The van der Waals surface area contributed by atoms with E-state index in [2.05, 4.69) is 4.98 Å². The van der Waals surface area contributed by atoms with E-state index in [9.17, 15) is 0 Å². The van der Waals surface area contributed by atoms with Gasteiger partial charge in [-0.1, -0.05) is 6.07 Å². The summed E-state index contributed by atoms with van der Waals surface area (Å²) in [4.78, 5) is 3.98. The molecule has 0 fully saturated rings. The Labute approximate surface area is 75.6 Å². The monoisotopic (exact) mass is 237 g/mol. The zero-order valence-corrected chi connectivity index (χ0v) is 9.12. The normalized spacial score (nSPS) is 7.90. The van der Waals surface area contributed by atoms with Gasteiger partial charge in [0.05, 0.1) is 0 Å². The van der Waals surface area contributed by atoms with E-state index in [0.29, 0.717) is 0 Å². The van der Waals surface area contributed by atoms with Gasteiger partial charge in [0.2, 0.25) is 0 Å². The molecular weight excluding hydrogens is 230 g/mol. The summed E-state index contributed by atoms with van der Waals surface area (Å²) in [5.74, 6) is 0. The van der Waals surface area contributed by atoms with Crippen molar-refractivity contribution in [3.8, 4) is 0 Å². The summed E-state index contributed by atoms with van der Waals surface area (Å²) < 4.78 is 0. The van der Waals surface area contributed by atoms with Crippen LogP contribution in [0.4, 0.5) is 0 Å². The van der Waals surface area contributed by atoms with Crippen molar-refractivity contribution >= 4 is 33.6 Å². The van der Waals surface area contributed by atoms with Crippen LogP contribution in [0.25, 0.3) is 0 Å². The molecule has 1 aromatic heterocycles. The number of aromatic nitrogens is 1. The third kappa shape index (κ3) is 6.39. The molecule has 0 saturated carbocycles. The molecule has 0 spiro atoms. The van der Waals surface area contributed by atoms with Gasteiger partial charge in [0.1, 0.15) is 0 Å². The summed E-state index contributed by atoms with van der Waals surface area (Å²) in [6.07, 6.45) is 1.79. The predicted molar refractivity (Wildman–Crippen MR) is 46.4 cm³/mol. The summed E-state index contributed by atoms with van der Waals surface area (Å²) in [6.45, 7) is 1.97. The van der Waals surface area contributed by atoms with Crippen LogP contribution in [-0.2, 0) is 0 Å². The average molecular weight is 237 g/mol. The van der Waals surface area contributed by atoms with Gasteiger partial charge in [-0.15, -0.1) is 0 Å². The Hall–Kier alpha value is 0.273. The SMILES string of the molecule is Cc1ccccn1.[Cl][Ge][Cl]. The van der Waals surface area contributed by atoms with Gasteiger partial charge in [0, 0.05) is 11.9 Å². The molecule has 10 heavy (non-hydrogen) atoms. The van der Waals surface area contributed by atoms with Crippen molar-refractivity contribution < 1.29 is 0 Å². The molecule has 54 valence electrons. The summed E-state index contributed by atoms with van der Waals surface area (Å²) in [5, 5.41) is 0. The van der Waals surface area contributed by atoms with Crippen LogP contribution in [0.5, 0.6) is 0 Å². The Morgan fingerprint density at radius 3 is 2.20 bits per heavy atom. The van der Waals surface area contributed by atoms with E-state index < -0.39 is 13.6 Å². The van der Waals surface area contributed by atoms with Gasteiger partial charge in [0.15, 0.2) is 0 Å². The van der Waals surface area contributed by atoms with E-state index in [-0.39, 0.29) is 0 Å². The van der Waals surface area contributed by atoms with E-state index in [0.717, 1.165) is 5.69 Å². The van der Waals surface area contributed by atoms with Crippen molar-refractivity contribution in [2.75, 3.05) is 0 Å². The molecule has 0 saturated heterocycles. The second kappa shape index (κ2) is 7.38. The van der Waals surface area contributed by atoms with Crippen LogP contribution in [0.2, 0.25) is 0 Å². The molecule has 0 aliphatic carbocycles. The van der Waals surface area contributed by atoms with E-state index in [1.54, 1.807) is 6.20 Å². The van der Waals surface area contributed by atoms with E-state index >= 15 is 0 Å². The van der Waals surface area contributed by atoms with Crippen molar-refractivity contribution in [1.29, 1.82) is 0 Å². The van der Waals surface area contributed by atoms with Crippen molar-refractivity contribution in [2.45, 2.75) is 6.92 Å². The molecule has 0 N–H and O–H groups in total. The average Bonchev–Trinajstić information content (AvgIpc) is 1.91. The molecule has 4 heteroatoms. The third-order valence-corrected chi connectivity index (χ3v) is 0.813. The second-order valence-corrected chi connectivity index (χ2v) is 4.81. The predicted octanol–water partition coefficient (Wildman–Crippen LogP) is 2.39.